The number of unbranched alkanes of at least 4 members (excludes halogenated alkanes) is 33. The quantitative estimate of drug-likeness (QED) is 0.0222. The number of phosphoric ester groups is 2. The number of esters is 4. The van der Waals surface area contributed by atoms with E-state index in [4.69, 9.17) is 37.0 Å². The molecule has 0 aliphatic carbocycles. The standard InChI is InChI=1S/C69H134O17P2/c1-8-11-12-13-14-21-28-36-43-50-66(71)79-57-65(86-69(74)53-46-39-32-31-35-42-49-62(7)10-3)59-84-88(77,78)82-55-63(70)54-81-87(75,76)83-58-64(56-80-67(72)51-44-37-29-24-20-19-23-27-34-41-48-61(6)9-2)85-68(73)52-45-38-30-25-18-16-15-17-22-26-33-40-47-60(4)5/h60-65,70H,8-59H2,1-7H3,(H,75,76)(H,77,78)/t61?,62?,63-,64-,65-/m1/s1. The number of ether oxygens (including phenoxy) is 4. The molecule has 4 unspecified atom stereocenters. The van der Waals surface area contributed by atoms with E-state index in [9.17, 15) is 43.2 Å². The van der Waals surface area contributed by atoms with Gasteiger partial charge in [-0.2, -0.15) is 0 Å². The summed E-state index contributed by atoms with van der Waals surface area (Å²) in [5.41, 5.74) is 0. The van der Waals surface area contributed by atoms with Gasteiger partial charge in [-0.15, -0.1) is 0 Å². The predicted molar refractivity (Wildman–Crippen MR) is 354 cm³/mol. The van der Waals surface area contributed by atoms with Crippen LogP contribution in [0.1, 0.15) is 344 Å². The molecule has 17 nitrogen and oxygen atoms in total. The van der Waals surface area contributed by atoms with Gasteiger partial charge in [-0.3, -0.25) is 37.3 Å². The minimum atomic E-state index is -4.95. The van der Waals surface area contributed by atoms with E-state index in [1.807, 2.05) is 0 Å². The first-order valence-corrected chi connectivity index (χ1v) is 38.9. The number of carbonyl (C=O) groups excluding carboxylic acids is 4. The second kappa shape index (κ2) is 60.0. The fourth-order valence-electron chi connectivity index (χ4n) is 10.3. The van der Waals surface area contributed by atoms with Crippen molar-refractivity contribution in [2.45, 2.75) is 362 Å². The average molecular weight is 1300 g/mol. The van der Waals surface area contributed by atoms with E-state index >= 15 is 0 Å². The van der Waals surface area contributed by atoms with Gasteiger partial charge >= 0.3 is 39.5 Å². The van der Waals surface area contributed by atoms with Crippen LogP contribution in [0.4, 0.5) is 0 Å². The van der Waals surface area contributed by atoms with E-state index in [1.54, 1.807) is 0 Å². The van der Waals surface area contributed by atoms with Crippen molar-refractivity contribution in [2.24, 2.45) is 17.8 Å². The van der Waals surface area contributed by atoms with E-state index < -0.39 is 97.5 Å². The Bertz CT molecular complexity index is 1740. The molecule has 0 aromatic heterocycles. The van der Waals surface area contributed by atoms with Crippen LogP contribution in [-0.4, -0.2) is 96.7 Å². The lowest BCUT2D eigenvalue weighted by atomic mass is 9.99. The molecule has 0 bridgehead atoms. The summed E-state index contributed by atoms with van der Waals surface area (Å²) < 4.78 is 68.2. The van der Waals surface area contributed by atoms with Gasteiger partial charge in [0, 0.05) is 25.7 Å². The van der Waals surface area contributed by atoms with Crippen molar-refractivity contribution in [1.82, 2.24) is 0 Å². The van der Waals surface area contributed by atoms with Gasteiger partial charge in [-0.05, 0) is 43.4 Å². The topological polar surface area (TPSA) is 237 Å². The number of aliphatic hydroxyl groups excluding tert-OH is 1. The Balaban J connectivity index is 5.25. The second-order valence-corrected chi connectivity index (χ2v) is 28.8. The van der Waals surface area contributed by atoms with Crippen LogP contribution in [0.25, 0.3) is 0 Å². The molecule has 0 heterocycles. The Morgan fingerprint density at radius 1 is 0.330 bits per heavy atom. The van der Waals surface area contributed by atoms with Crippen LogP contribution >= 0.6 is 15.6 Å². The molecule has 0 aliphatic rings. The fourth-order valence-corrected chi connectivity index (χ4v) is 11.9. The molecular formula is C69H134O17P2. The Morgan fingerprint density at radius 3 is 0.864 bits per heavy atom. The molecule has 0 aromatic rings. The van der Waals surface area contributed by atoms with Crippen LogP contribution in [0.2, 0.25) is 0 Å². The third-order valence-corrected chi connectivity index (χ3v) is 18.5. The lowest BCUT2D eigenvalue weighted by Gasteiger charge is -2.21. The van der Waals surface area contributed by atoms with Crippen molar-refractivity contribution < 1.29 is 80.2 Å². The van der Waals surface area contributed by atoms with Crippen LogP contribution in [-0.2, 0) is 65.4 Å². The highest BCUT2D eigenvalue weighted by Gasteiger charge is 2.30. The van der Waals surface area contributed by atoms with Crippen LogP contribution < -0.4 is 0 Å². The van der Waals surface area contributed by atoms with Gasteiger partial charge in [0.25, 0.3) is 0 Å². The van der Waals surface area contributed by atoms with Gasteiger partial charge in [-0.25, -0.2) is 9.13 Å². The molecule has 0 aliphatic heterocycles. The molecule has 0 fully saturated rings. The van der Waals surface area contributed by atoms with Crippen LogP contribution in [0.15, 0.2) is 0 Å². The summed E-state index contributed by atoms with van der Waals surface area (Å²) in [5.74, 6) is 0.176. The summed E-state index contributed by atoms with van der Waals surface area (Å²) in [6, 6.07) is 0. The summed E-state index contributed by atoms with van der Waals surface area (Å²) in [5, 5.41) is 10.6. The maximum absolute atomic E-state index is 13.0. The van der Waals surface area contributed by atoms with Crippen molar-refractivity contribution in [2.75, 3.05) is 39.6 Å². The first-order chi connectivity index (χ1) is 42.3. The third kappa shape index (κ3) is 60.3. The largest absolute Gasteiger partial charge is 0.472 e. The van der Waals surface area contributed by atoms with Gasteiger partial charge < -0.3 is 33.8 Å². The van der Waals surface area contributed by atoms with Gasteiger partial charge in [0.1, 0.15) is 19.3 Å². The number of carbonyl (C=O) groups is 4. The second-order valence-electron chi connectivity index (χ2n) is 25.9. The molecule has 7 atom stereocenters. The number of rotatable bonds is 67. The van der Waals surface area contributed by atoms with E-state index in [1.165, 1.54) is 154 Å². The number of hydrogen-bond donors (Lipinski definition) is 3. The zero-order chi connectivity index (χ0) is 65.2. The van der Waals surface area contributed by atoms with E-state index in [-0.39, 0.29) is 25.7 Å². The normalized spacial score (nSPS) is 14.9. The summed E-state index contributed by atoms with van der Waals surface area (Å²) in [6.07, 6.45) is 43.0. The monoisotopic (exact) mass is 1300 g/mol. The Labute approximate surface area is 537 Å². The van der Waals surface area contributed by atoms with Gasteiger partial charge in [0.05, 0.1) is 26.4 Å². The molecule has 522 valence electrons. The predicted octanol–water partition coefficient (Wildman–Crippen LogP) is 19.5. The van der Waals surface area contributed by atoms with E-state index in [2.05, 4.69) is 48.5 Å². The smallest absolute Gasteiger partial charge is 0.462 e. The lowest BCUT2D eigenvalue weighted by Crippen LogP contribution is -2.30. The number of hydrogen-bond acceptors (Lipinski definition) is 15. The SMILES string of the molecule is CCCCCCCCCCCC(=O)OC[C@H](COP(=O)(O)OC[C@H](O)COP(=O)(O)OC[C@@H](COC(=O)CCCCCCCCCCCCC(C)CC)OC(=O)CCCCCCCCCCCCCCC(C)C)OC(=O)CCCCCCCCC(C)CC. The zero-order valence-electron chi connectivity index (χ0n) is 57.2. The molecule has 0 spiro atoms. The number of aliphatic hydroxyl groups is 1. The van der Waals surface area contributed by atoms with Crippen molar-refractivity contribution in [1.29, 1.82) is 0 Å². The first kappa shape index (κ1) is 86.1. The van der Waals surface area contributed by atoms with Gasteiger partial charge in [-0.1, -0.05) is 292 Å². The first-order valence-electron chi connectivity index (χ1n) is 35.9. The van der Waals surface area contributed by atoms with Crippen molar-refractivity contribution >= 4 is 39.5 Å². The Hall–Kier alpha value is -1.94. The minimum Gasteiger partial charge on any atom is -0.462 e. The minimum absolute atomic E-state index is 0.103. The third-order valence-electron chi connectivity index (χ3n) is 16.6. The van der Waals surface area contributed by atoms with Crippen LogP contribution in [0.5, 0.6) is 0 Å². The molecule has 0 radical (unpaired) electrons. The summed E-state index contributed by atoms with van der Waals surface area (Å²) in [4.78, 5) is 72.4. The molecular weight excluding hydrogens is 1160 g/mol. The van der Waals surface area contributed by atoms with E-state index in [0.717, 1.165) is 108 Å². The van der Waals surface area contributed by atoms with Gasteiger partial charge in [0.2, 0.25) is 0 Å². The highest BCUT2D eigenvalue weighted by atomic mass is 31.2. The molecule has 0 aromatic carbocycles. The summed E-state index contributed by atoms with van der Waals surface area (Å²) >= 11 is 0. The Kier molecular flexibility index (Phi) is 58.7. The highest BCUT2D eigenvalue weighted by Crippen LogP contribution is 2.45. The molecule has 19 heteroatoms. The van der Waals surface area contributed by atoms with Crippen LogP contribution in [0.3, 0.4) is 0 Å². The highest BCUT2D eigenvalue weighted by molar-refractivity contribution is 7.47. The van der Waals surface area contributed by atoms with Crippen LogP contribution in [0, 0.1) is 17.8 Å². The van der Waals surface area contributed by atoms with Crippen molar-refractivity contribution in [3.63, 3.8) is 0 Å². The maximum atomic E-state index is 13.0. The summed E-state index contributed by atoms with van der Waals surface area (Å²) in [7, 11) is -9.90. The van der Waals surface area contributed by atoms with E-state index in [0.29, 0.717) is 25.7 Å². The molecule has 3 N–H and O–H groups in total. The fraction of sp³-hybridized carbons (Fsp3) is 0.942. The number of phosphoric acid groups is 2. The molecule has 0 amide bonds. The zero-order valence-corrected chi connectivity index (χ0v) is 59.0. The molecule has 88 heavy (non-hydrogen) atoms. The summed E-state index contributed by atoms with van der Waals surface area (Å²) in [6.45, 7) is 11.8. The molecule has 0 saturated heterocycles. The molecule has 0 saturated carbocycles. The lowest BCUT2D eigenvalue weighted by molar-refractivity contribution is -0.161. The van der Waals surface area contributed by atoms with Crippen molar-refractivity contribution in [3.05, 3.63) is 0 Å². The molecule has 0 rings (SSSR count). The van der Waals surface area contributed by atoms with Crippen molar-refractivity contribution in [3.8, 4) is 0 Å². The average Bonchev–Trinajstić information content (AvgIpc) is 3.55. The van der Waals surface area contributed by atoms with Gasteiger partial charge in [0.15, 0.2) is 12.2 Å². The Morgan fingerprint density at radius 2 is 0.580 bits per heavy atom. The maximum Gasteiger partial charge on any atom is 0.472 e.